The van der Waals surface area contributed by atoms with E-state index in [2.05, 4.69) is 10.4 Å². The van der Waals surface area contributed by atoms with Crippen molar-refractivity contribution in [2.45, 2.75) is 38.3 Å². The van der Waals surface area contributed by atoms with Gasteiger partial charge in [-0.05, 0) is 31.9 Å². The van der Waals surface area contributed by atoms with Crippen LogP contribution in [0.15, 0.2) is 36.5 Å². The van der Waals surface area contributed by atoms with Crippen molar-refractivity contribution in [3.8, 4) is 0 Å². The molecule has 8 nitrogen and oxygen atoms in total. The monoisotopic (exact) mass is 381 g/mol. The first kappa shape index (κ1) is 18.2. The summed E-state index contributed by atoms with van der Waals surface area (Å²) in [4.78, 5) is 41.3. The van der Waals surface area contributed by atoms with Gasteiger partial charge in [-0.15, -0.1) is 0 Å². The molecule has 0 aliphatic carbocycles. The third kappa shape index (κ3) is 2.94. The van der Waals surface area contributed by atoms with Gasteiger partial charge in [0.05, 0.1) is 11.3 Å². The number of anilines is 2. The van der Waals surface area contributed by atoms with Gasteiger partial charge < -0.3 is 10.2 Å². The molecule has 146 valence electrons. The Balaban J connectivity index is 1.47. The van der Waals surface area contributed by atoms with Gasteiger partial charge in [0.15, 0.2) is 5.82 Å². The number of nitrogens with zero attached hydrogens (tertiary/aromatic N) is 4. The van der Waals surface area contributed by atoms with E-state index >= 15 is 0 Å². The maximum absolute atomic E-state index is 13.1. The summed E-state index contributed by atoms with van der Waals surface area (Å²) in [5.41, 5.74) is 0.537. The van der Waals surface area contributed by atoms with Gasteiger partial charge in [-0.3, -0.25) is 24.0 Å². The highest BCUT2D eigenvalue weighted by molar-refractivity contribution is 6.10. The van der Waals surface area contributed by atoms with Gasteiger partial charge in [0, 0.05) is 38.7 Å². The number of rotatable bonds is 5. The highest BCUT2D eigenvalue weighted by Gasteiger charge is 2.52. The highest BCUT2D eigenvalue weighted by atomic mass is 16.2. The fourth-order valence-corrected chi connectivity index (χ4v) is 4.13. The third-order valence-electron chi connectivity index (χ3n) is 5.51. The van der Waals surface area contributed by atoms with Crippen molar-refractivity contribution < 1.29 is 14.4 Å². The van der Waals surface area contributed by atoms with E-state index in [4.69, 9.17) is 0 Å². The zero-order valence-corrected chi connectivity index (χ0v) is 16.0. The Labute approximate surface area is 163 Å². The van der Waals surface area contributed by atoms with E-state index in [0.29, 0.717) is 42.9 Å². The van der Waals surface area contributed by atoms with E-state index in [9.17, 15) is 14.4 Å². The van der Waals surface area contributed by atoms with Crippen molar-refractivity contribution in [3.05, 3.63) is 42.1 Å². The standard InChI is InChI=1S/C20H23N5O3/c1-20-11-9-18(27)25(20)15-7-4-3-6-14(15)19(28)24(20)12-5-8-17(26)21-16-10-13-23(2)22-16/h3-4,6-7,10,13H,5,8-9,11-12H2,1-2H3,(H,21,22,26)/t20-/m0/s1. The summed E-state index contributed by atoms with van der Waals surface area (Å²) in [6, 6.07) is 8.95. The second-order valence-corrected chi connectivity index (χ2v) is 7.45. The summed E-state index contributed by atoms with van der Waals surface area (Å²) in [5, 5.41) is 6.88. The molecule has 1 aromatic carbocycles. The molecular weight excluding hydrogens is 358 g/mol. The maximum atomic E-state index is 13.1. The van der Waals surface area contributed by atoms with Crippen molar-refractivity contribution in [2.75, 3.05) is 16.8 Å². The van der Waals surface area contributed by atoms with Gasteiger partial charge in [0.25, 0.3) is 5.91 Å². The Morgan fingerprint density at radius 2 is 2.04 bits per heavy atom. The molecule has 1 saturated heterocycles. The Hall–Kier alpha value is -3.16. The van der Waals surface area contributed by atoms with Gasteiger partial charge in [0.2, 0.25) is 11.8 Å². The van der Waals surface area contributed by atoms with Gasteiger partial charge in [-0.2, -0.15) is 5.10 Å². The number of hydrogen-bond donors (Lipinski definition) is 1. The SMILES string of the molecule is Cn1ccc(NC(=O)CCCN2C(=O)c3ccccc3N3C(=O)CC[C@@]23C)n1. The van der Waals surface area contributed by atoms with Gasteiger partial charge >= 0.3 is 0 Å². The van der Waals surface area contributed by atoms with Crippen LogP contribution < -0.4 is 10.2 Å². The van der Waals surface area contributed by atoms with Crippen LogP contribution in [0.4, 0.5) is 11.5 Å². The zero-order chi connectivity index (χ0) is 19.9. The molecule has 2 aliphatic heterocycles. The topological polar surface area (TPSA) is 87.5 Å². The van der Waals surface area contributed by atoms with Crippen LogP contribution in [-0.4, -0.2) is 44.6 Å². The Kier molecular flexibility index (Phi) is 4.41. The average Bonchev–Trinajstić information content (AvgIpc) is 3.21. The van der Waals surface area contributed by atoms with Crippen LogP contribution >= 0.6 is 0 Å². The number of hydrogen-bond acceptors (Lipinski definition) is 4. The zero-order valence-electron chi connectivity index (χ0n) is 16.0. The minimum absolute atomic E-state index is 0.0281. The number of benzene rings is 1. The van der Waals surface area contributed by atoms with Crippen LogP contribution in [0.25, 0.3) is 0 Å². The van der Waals surface area contributed by atoms with Crippen LogP contribution in [0.1, 0.15) is 43.0 Å². The number of carbonyl (C=O) groups excluding carboxylic acids is 3. The maximum Gasteiger partial charge on any atom is 0.257 e. The van der Waals surface area contributed by atoms with Crippen LogP contribution in [0.5, 0.6) is 0 Å². The summed E-state index contributed by atoms with van der Waals surface area (Å²) in [5.74, 6) is 0.303. The first-order chi connectivity index (χ1) is 13.4. The van der Waals surface area contributed by atoms with Crippen LogP contribution in [0.3, 0.4) is 0 Å². The number of aryl methyl sites for hydroxylation is 1. The lowest BCUT2D eigenvalue weighted by molar-refractivity contribution is -0.118. The van der Waals surface area contributed by atoms with E-state index in [0.717, 1.165) is 0 Å². The quantitative estimate of drug-likeness (QED) is 0.860. The molecule has 0 unspecified atom stereocenters. The van der Waals surface area contributed by atoms with E-state index in [-0.39, 0.29) is 24.1 Å². The van der Waals surface area contributed by atoms with Crippen molar-refractivity contribution >= 4 is 29.2 Å². The molecule has 2 aromatic rings. The van der Waals surface area contributed by atoms with Gasteiger partial charge in [0.1, 0.15) is 5.66 Å². The average molecular weight is 381 g/mol. The first-order valence-electron chi connectivity index (χ1n) is 9.44. The lowest BCUT2D eigenvalue weighted by Crippen LogP contribution is -2.62. The normalized spacial score (nSPS) is 20.9. The van der Waals surface area contributed by atoms with Crippen molar-refractivity contribution in [1.29, 1.82) is 0 Å². The predicted octanol–water partition coefficient (Wildman–Crippen LogP) is 2.14. The van der Waals surface area contributed by atoms with Crippen LogP contribution in [0.2, 0.25) is 0 Å². The van der Waals surface area contributed by atoms with E-state index in [1.54, 1.807) is 45.9 Å². The molecule has 0 bridgehead atoms. The molecule has 3 heterocycles. The summed E-state index contributed by atoms with van der Waals surface area (Å²) >= 11 is 0. The molecule has 1 N–H and O–H groups in total. The lowest BCUT2D eigenvalue weighted by atomic mass is 9.98. The van der Waals surface area contributed by atoms with E-state index in [1.807, 2.05) is 19.1 Å². The summed E-state index contributed by atoms with van der Waals surface area (Å²) < 4.78 is 1.62. The van der Waals surface area contributed by atoms with Gasteiger partial charge in [-0.25, -0.2) is 0 Å². The van der Waals surface area contributed by atoms with E-state index in [1.165, 1.54) is 0 Å². The fourth-order valence-electron chi connectivity index (χ4n) is 4.13. The Bertz CT molecular complexity index is 953. The molecule has 0 saturated carbocycles. The molecular formula is C20H23N5O3. The fraction of sp³-hybridized carbons (Fsp3) is 0.400. The molecule has 1 atom stereocenters. The van der Waals surface area contributed by atoms with Crippen LogP contribution in [0, 0.1) is 0 Å². The van der Waals surface area contributed by atoms with Crippen molar-refractivity contribution in [2.24, 2.45) is 7.05 Å². The molecule has 28 heavy (non-hydrogen) atoms. The predicted molar refractivity (Wildman–Crippen MR) is 104 cm³/mol. The summed E-state index contributed by atoms with van der Waals surface area (Å²) in [7, 11) is 1.78. The van der Waals surface area contributed by atoms with Gasteiger partial charge in [-0.1, -0.05) is 12.1 Å². The molecule has 8 heteroatoms. The summed E-state index contributed by atoms with van der Waals surface area (Å²) in [6.45, 7) is 2.34. The second-order valence-electron chi connectivity index (χ2n) is 7.45. The first-order valence-corrected chi connectivity index (χ1v) is 9.44. The molecule has 1 aromatic heterocycles. The minimum atomic E-state index is -0.681. The Morgan fingerprint density at radius 3 is 2.79 bits per heavy atom. The van der Waals surface area contributed by atoms with Crippen LogP contribution in [-0.2, 0) is 16.6 Å². The lowest BCUT2D eigenvalue weighted by Gasteiger charge is -2.48. The molecule has 3 amide bonds. The smallest absolute Gasteiger partial charge is 0.257 e. The number of aromatic nitrogens is 2. The number of amides is 3. The molecule has 2 aliphatic rings. The largest absolute Gasteiger partial charge is 0.315 e. The summed E-state index contributed by atoms with van der Waals surface area (Å²) in [6.07, 6.45) is 3.53. The number of para-hydroxylation sites is 1. The minimum Gasteiger partial charge on any atom is -0.315 e. The number of carbonyl (C=O) groups is 3. The number of fused-ring (bicyclic) bond motifs is 3. The molecule has 4 rings (SSSR count). The Morgan fingerprint density at radius 1 is 1.25 bits per heavy atom. The second kappa shape index (κ2) is 6.78. The third-order valence-corrected chi connectivity index (χ3v) is 5.51. The molecule has 0 spiro atoms. The molecule has 0 radical (unpaired) electrons. The van der Waals surface area contributed by atoms with E-state index < -0.39 is 5.66 Å². The highest BCUT2D eigenvalue weighted by Crippen LogP contribution is 2.43. The van der Waals surface area contributed by atoms with Crippen molar-refractivity contribution in [1.82, 2.24) is 14.7 Å². The molecule has 1 fully saturated rings. The number of nitrogens with one attached hydrogen (secondary N) is 1. The van der Waals surface area contributed by atoms with Crippen molar-refractivity contribution in [3.63, 3.8) is 0 Å².